The van der Waals surface area contributed by atoms with Gasteiger partial charge >= 0.3 is 0 Å². The predicted octanol–water partition coefficient (Wildman–Crippen LogP) is 3.47. The van der Waals surface area contributed by atoms with E-state index in [0.717, 1.165) is 11.1 Å². The molecule has 20 heavy (non-hydrogen) atoms. The van der Waals surface area contributed by atoms with E-state index in [0.29, 0.717) is 24.4 Å². The molecule has 106 valence electrons. The van der Waals surface area contributed by atoms with Gasteiger partial charge in [0.1, 0.15) is 0 Å². The Kier molecular flexibility index (Phi) is 4.11. The van der Waals surface area contributed by atoms with E-state index in [2.05, 4.69) is 28.5 Å². The van der Waals surface area contributed by atoms with Gasteiger partial charge in [-0.05, 0) is 31.4 Å². The van der Waals surface area contributed by atoms with Gasteiger partial charge in [0.15, 0.2) is 0 Å². The fraction of sp³-hybridized carbons (Fsp3) is 0.500. The Morgan fingerprint density at radius 1 is 1.15 bits per heavy atom. The molecule has 1 fully saturated rings. The molecule has 1 N–H and O–H groups in total. The maximum Gasteiger partial charge on any atom is 0.248 e. The van der Waals surface area contributed by atoms with Crippen LogP contribution in [0.1, 0.15) is 43.6 Å². The fourth-order valence-corrected chi connectivity index (χ4v) is 2.79. The molecule has 1 saturated carbocycles. The van der Waals surface area contributed by atoms with E-state index < -0.39 is 0 Å². The molecule has 4 heteroatoms. The lowest BCUT2D eigenvalue weighted by molar-refractivity contribution is 0.354. The average Bonchev–Trinajstić information content (AvgIpc) is 2.95. The predicted molar refractivity (Wildman–Crippen MR) is 78.2 cm³/mol. The van der Waals surface area contributed by atoms with Crippen LogP contribution in [0.5, 0.6) is 0 Å². The third kappa shape index (κ3) is 3.07. The van der Waals surface area contributed by atoms with Gasteiger partial charge in [0, 0.05) is 11.6 Å². The van der Waals surface area contributed by atoms with Gasteiger partial charge in [0.25, 0.3) is 0 Å². The lowest BCUT2D eigenvalue weighted by atomic mass is 9.95. The van der Waals surface area contributed by atoms with Gasteiger partial charge in [-0.3, -0.25) is 0 Å². The van der Waals surface area contributed by atoms with Gasteiger partial charge < -0.3 is 9.73 Å². The monoisotopic (exact) mass is 271 g/mol. The van der Waals surface area contributed by atoms with E-state index in [-0.39, 0.29) is 0 Å². The first kappa shape index (κ1) is 13.3. The summed E-state index contributed by atoms with van der Waals surface area (Å²) in [6.45, 7) is 2.73. The van der Waals surface area contributed by atoms with Crippen molar-refractivity contribution < 1.29 is 4.42 Å². The number of nitrogens with zero attached hydrogens (tertiary/aromatic N) is 2. The van der Waals surface area contributed by atoms with Crippen molar-refractivity contribution in [2.75, 3.05) is 0 Å². The van der Waals surface area contributed by atoms with Crippen LogP contribution in [0.3, 0.4) is 0 Å². The first-order chi connectivity index (χ1) is 9.83. The van der Waals surface area contributed by atoms with E-state index >= 15 is 0 Å². The van der Waals surface area contributed by atoms with Gasteiger partial charge in [-0.2, -0.15) is 0 Å². The molecule has 1 aromatic heterocycles. The van der Waals surface area contributed by atoms with E-state index in [4.69, 9.17) is 4.42 Å². The molecule has 1 aliphatic rings. The molecule has 0 radical (unpaired) electrons. The molecule has 1 heterocycles. The smallest absolute Gasteiger partial charge is 0.248 e. The summed E-state index contributed by atoms with van der Waals surface area (Å²) < 4.78 is 5.76. The zero-order valence-corrected chi connectivity index (χ0v) is 11.9. The second kappa shape index (κ2) is 6.18. The molecule has 0 amide bonds. The molecule has 1 aromatic carbocycles. The van der Waals surface area contributed by atoms with E-state index in [1.807, 2.05) is 18.2 Å². The Morgan fingerprint density at radius 3 is 2.75 bits per heavy atom. The molecular weight excluding hydrogens is 250 g/mol. The number of hydrogen-bond donors (Lipinski definition) is 1. The van der Waals surface area contributed by atoms with Crippen LogP contribution in [0.25, 0.3) is 11.5 Å². The summed E-state index contributed by atoms with van der Waals surface area (Å²) >= 11 is 0. The molecule has 1 aliphatic carbocycles. The van der Waals surface area contributed by atoms with Crippen molar-refractivity contribution in [2.24, 2.45) is 0 Å². The molecule has 0 bridgehead atoms. The Hall–Kier alpha value is -1.68. The zero-order chi connectivity index (χ0) is 13.8. The molecule has 0 atom stereocenters. The van der Waals surface area contributed by atoms with Gasteiger partial charge in [0.2, 0.25) is 11.8 Å². The summed E-state index contributed by atoms with van der Waals surface area (Å²) in [5.74, 6) is 1.29. The van der Waals surface area contributed by atoms with Crippen molar-refractivity contribution in [3.8, 4) is 11.5 Å². The van der Waals surface area contributed by atoms with Gasteiger partial charge in [0.05, 0.1) is 6.54 Å². The number of aromatic nitrogens is 2. The second-order valence-electron chi connectivity index (χ2n) is 5.53. The van der Waals surface area contributed by atoms with Crippen LogP contribution in [-0.2, 0) is 6.54 Å². The van der Waals surface area contributed by atoms with Crippen molar-refractivity contribution in [1.29, 1.82) is 0 Å². The minimum absolute atomic E-state index is 0.609. The van der Waals surface area contributed by atoms with Crippen molar-refractivity contribution in [3.63, 3.8) is 0 Å². The quantitative estimate of drug-likeness (QED) is 0.925. The highest BCUT2D eigenvalue weighted by atomic mass is 16.4. The van der Waals surface area contributed by atoms with Crippen LogP contribution >= 0.6 is 0 Å². The summed E-state index contributed by atoms with van der Waals surface area (Å²) in [6.07, 6.45) is 6.56. The SMILES string of the molecule is Cc1ccccc1-c1nnc(CNC2CCCCC2)o1. The van der Waals surface area contributed by atoms with E-state index in [9.17, 15) is 0 Å². The lowest BCUT2D eigenvalue weighted by Crippen LogP contribution is -2.30. The maximum absolute atomic E-state index is 5.76. The molecule has 0 saturated heterocycles. The molecule has 3 rings (SSSR count). The topological polar surface area (TPSA) is 51.0 Å². The third-order valence-corrected chi connectivity index (χ3v) is 3.99. The third-order valence-electron chi connectivity index (χ3n) is 3.99. The Balaban J connectivity index is 1.63. The Morgan fingerprint density at radius 2 is 1.95 bits per heavy atom. The summed E-state index contributed by atoms with van der Waals surface area (Å²) in [5.41, 5.74) is 2.17. The minimum Gasteiger partial charge on any atom is -0.419 e. The Labute approximate surface area is 119 Å². The highest BCUT2D eigenvalue weighted by molar-refractivity contribution is 5.57. The normalized spacial score (nSPS) is 16.4. The minimum atomic E-state index is 0.609. The van der Waals surface area contributed by atoms with Crippen LogP contribution in [-0.4, -0.2) is 16.2 Å². The van der Waals surface area contributed by atoms with Crippen LogP contribution in [0, 0.1) is 6.92 Å². The number of hydrogen-bond acceptors (Lipinski definition) is 4. The molecular formula is C16H21N3O. The zero-order valence-electron chi connectivity index (χ0n) is 11.9. The lowest BCUT2D eigenvalue weighted by Gasteiger charge is -2.21. The van der Waals surface area contributed by atoms with Crippen LogP contribution in [0.4, 0.5) is 0 Å². The second-order valence-corrected chi connectivity index (χ2v) is 5.53. The Bertz CT molecular complexity index is 558. The largest absolute Gasteiger partial charge is 0.419 e. The number of benzene rings is 1. The van der Waals surface area contributed by atoms with E-state index in [1.54, 1.807) is 0 Å². The first-order valence-corrected chi connectivity index (χ1v) is 7.45. The fourth-order valence-electron chi connectivity index (χ4n) is 2.79. The molecule has 2 aromatic rings. The maximum atomic E-state index is 5.76. The highest BCUT2D eigenvalue weighted by Gasteiger charge is 2.15. The van der Waals surface area contributed by atoms with Crippen molar-refractivity contribution >= 4 is 0 Å². The number of rotatable bonds is 4. The average molecular weight is 271 g/mol. The summed E-state index contributed by atoms with van der Waals surface area (Å²) in [7, 11) is 0. The van der Waals surface area contributed by atoms with Gasteiger partial charge in [-0.15, -0.1) is 10.2 Å². The first-order valence-electron chi connectivity index (χ1n) is 7.45. The standard InChI is InChI=1S/C16H21N3O/c1-12-7-5-6-10-14(12)16-19-18-15(20-16)11-17-13-8-3-2-4-9-13/h5-7,10,13,17H,2-4,8-9,11H2,1H3. The van der Waals surface area contributed by atoms with Crippen molar-refractivity contribution in [1.82, 2.24) is 15.5 Å². The number of aryl methyl sites for hydroxylation is 1. The van der Waals surface area contributed by atoms with E-state index in [1.165, 1.54) is 32.1 Å². The van der Waals surface area contributed by atoms with Crippen molar-refractivity contribution in [3.05, 3.63) is 35.7 Å². The summed E-state index contributed by atoms with van der Waals surface area (Å²) in [4.78, 5) is 0. The number of nitrogens with one attached hydrogen (secondary N) is 1. The van der Waals surface area contributed by atoms with Crippen LogP contribution < -0.4 is 5.32 Å². The molecule has 0 spiro atoms. The highest BCUT2D eigenvalue weighted by Crippen LogP contribution is 2.22. The summed E-state index contributed by atoms with van der Waals surface area (Å²) in [5, 5.41) is 11.8. The summed E-state index contributed by atoms with van der Waals surface area (Å²) in [6, 6.07) is 8.69. The van der Waals surface area contributed by atoms with Gasteiger partial charge in [-0.1, -0.05) is 37.5 Å². The molecule has 0 aliphatic heterocycles. The van der Waals surface area contributed by atoms with Crippen LogP contribution in [0.15, 0.2) is 28.7 Å². The van der Waals surface area contributed by atoms with Gasteiger partial charge in [-0.25, -0.2) is 0 Å². The molecule has 0 unspecified atom stereocenters. The van der Waals surface area contributed by atoms with Crippen molar-refractivity contribution in [2.45, 2.75) is 51.6 Å². The van der Waals surface area contributed by atoms with Crippen LogP contribution in [0.2, 0.25) is 0 Å². The molecule has 4 nitrogen and oxygen atoms in total.